The van der Waals surface area contributed by atoms with E-state index in [9.17, 15) is 5.26 Å². The van der Waals surface area contributed by atoms with E-state index in [-0.39, 0.29) is 5.56 Å². The van der Waals surface area contributed by atoms with Gasteiger partial charge in [-0.05, 0) is 110 Å². The number of aromatic nitrogens is 5. The van der Waals surface area contributed by atoms with Crippen LogP contribution in [0, 0.1) is 17.2 Å². The van der Waals surface area contributed by atoms with E-state index in [4.69, 9.17) is 9.72 Å². The zero-order chi connectivity index (χ0) is 36.1. The van der Waals surface area contributed by atoms with E-state index in [1.54, 1.807) is 6.20 Å². The van der Waals surface area contributed by atoms with E-state index in [0.717, 1.165) is 96.2 Å². The second-order valence-electron chi connectivity index (χ2n) is 16.8. The number of fused-ring (bicyclic) bond motifs is 1. The van der Waals surface area contributed by atoms with Gasteiger partial charge in [0.05, 0.1) is 11.6 Å². The van der Waals surface area contributed by atoms with E-state index in [1.807, 2.05) is 40.6 Å². The van der Waals surface area contributed by atoms with E-state index >= 15 is 4.79 Å². The van der Waals surface area contributed by atoms with Gasteiger partial charge in [-0.2, -0.15) is 5.26 Å². The van der Waals surface area contributed by atoms with E-state index < -0.39 is 8.07 Å². The summed E-state index contributed by atoms with van der Waals surface area (Å²) in [6.45, 7) is 13.5. The molecular weight excluding hydrogens is 663 g/mol. The number of rotatable bonds is 12. The summed E-state index contributed by atoms with van der Waals surface area (Å²) in [5.74, 6) is 2.91. The minimum atomic E-state index is -1.28. The molecule has 4 aromatic heterocycles. The van der Waals surface area contributed by atoms with E-state index in [1.165, 1.54) is 18.4 Å². The Bertz CT molecular complexity index is 2230. The van der Waals surface area contributed by atoms with Crippen LogP contribution >= 0.6 is 0 Å². The summed E-state index contributed by atoms with van der Waals surface area (Å²) in [7, 11) is 0.689. The predicted molar refractivity (Wildman–Crippen MR) is 209 cm³/mol. The first-order valence-electron chi connectivity index (χ1n) is 19.2. The molecule has 9 nitrogen and oxygen atoms in total. The van der Waals surface area contributed by atoms with Gasteiger partial charge in [0, 0.05) is 81.7 Å². The molecule has 0 bridgehead atoms. The largest absolute Gasteiger partial charge is 0.361 e. The van der Waals surface area contributed by atoms with Crippen LogP contribution in [0.15, 0.2) is 59.8 Å². The Balaban J connectivity index is 1.28. The number of hydrogen-bond donors (Lipinski definition) is 0. The second kappa shape index (κ2) is 13.9. The maximum Gasteiger partial charge on any atom is 0.280 e. The van der Waals surface area contributed by atoms with Crippen molar-refractivity contribution in [1.29, 1.82) is 5.26 Å². The molecule has 5 heterocycles. The molecule has 52 heavy (non-hydrogen) atoms. The Morgan fingerprint density at radius 3 is 2.52 bits per heavy atom. The van der Waals surface area contributed by atoms with Crippen LogP contribution in [0.5, 0.6) is 0 Å². The standard InChI is InChI=1S/C42H51N7O2Si/c1-28-7-6-15-47(24-28)25-33-22-35-37(30-9-10-30)26-48(42(50)40(35)49(33)27-51-17-18-52(3,4)5)39-21-32(20-38(45-39)31-11-12-31)34-13-8-29(23-43)19-36(34)41-44-14-16-46(41)2/h8,13-14,16,19-22,26,28,30-31H,6-7,9-12,15,17-18,24-25,27H2,1-5H3/t28-/m0/s1. The van der Waals surface area contributed by atoms with Gasteiger partial charge in [0.1, 0.15) is 23.9 Å². The summed E-state index contributed by atoms with van der Waals surface area (Å²) in [5.41, 5.74) is 7.47. The average Bonchev–Trinajstić information content (AvgIpc) is 4.06. The number of imidazole rings is 1. The number of ether oxygens (including phenoxy) is 1. The van der Waals surface area contributed by atoms with Crippen LogP contribution in [0.4, 0.5) is 0 Å². The molecule has 2 aliphatic carbocycles. The van der Waals surface area contributed by atoms with Crippen molar-refractivity contribution < 1.29 is 4.74 Å². The number of pyridine rings is 2. The van der Waals surface area contributed by atoms with Crippen molar-refractivity contribution in [2.24, 2.45) is 13.0 Å². The molecule has 0 spiro atoms. The molecule has 0 N–H and O–H groups in total. The Morgan fingerprint density at radius 2 is 1.83 bits per heavy atom. The number of likely N-dealkylation sites (tertiary alicyclic amines) is 1. The monoisotopic (exact) mass is 713 g/mol. The number of piperidine rings is 1. The topological polar surface area (TPSA) is 93.9 Å². The van der Waals surface area contributed by atoms with Crippen molar-refractivity contribution in [3.05, 3.63) is 87.9 Å². The van der Waals surface area contributed by atoms with Crippen molar-refractivity contribution >= 4 is 19.0 Å². The lowest BCUT2D eigenvalue weighted by Crippen LogP contribution is -2.34. The van der Waals surface area contributed by atoms with Crippen molar-refractivity contribution in [3.63, 3.8) is 0 Å². The minimum Gasteiger partial charge on any atom is -0.361 e. The minimum absolute atomic E-state index is 0.0537. The first-order valence-corrected chi connectivity index (χ1v) is 22.9. The highest BCUT2D eigenvalue weighted by atomic mass is 28.3. The van der Waals surface area contributed by atoms with Gasteiger partial charge in [0.15, 0.2) is 0 Å². The van der Waals surface area contributed by atoms with Crippen molar-refractivity contribution in [2.45, 2.75) is 96.2 Å². The highest BCUT2D eigenvalue weighted by Crippen LogP contribution is 2.45. The van der Waals surface area contributed by atoms with Gasteiger partial charge in [-0.3, -0.25) is 14.3 Å². The van der Waals surface area contributed by atoms with Crippen LogP contribution in [-0.2, 0) is 25.1 Å². The number of nitriles is 1. The van der Waals surface area contributed by atoms with Gasteiger partial charge in [-0.1, -0.05) is 32.6 Å². The molecule has 2 saturated carbocycles. The highest BCUT2D eigenvalue weighted by molar-refractivity contribution is 6.76. The number of nitrogens with zero attached hydrogens (tertiary/aromatic N) is 7. The van der Waals surface area contributed by atoms with Gasteiger partial charge in [-0.15, -0.1) is 0 Å². The van der Waals surface area contributed by atoms with Gasteiger partial charge in [0.2, 0.25) is 0 Å². The van der Waals surface area contributed by atoms with Crippen LogP contribution in [0.2, 0.25) is 25.7 Å². The molecular formula is C42H51N7O2Si. The summed E-state index contributed by atoms with van der Waals surface area (Å²) in [5, 5.41) is 10.9. The normalized spacial score (nSPS) is 18.3. The summed E-state index contributed by atoms with van der Waals surface area (Å²) in [4.78, 5) is 27.4. The lowest BCUT2D eigenvalue weighted by Gasteiger charge is -2.31. The van der Waals surface area contributed by atoms with Gasteiger partial charge < -0.3 is 13.9 Å². The Kier molecular flexibility index (Phi) is 9.31. The van der Waals surface area contributed by atoms with Gasteiger partial charge in [0.25, 0.3) is 5.56 Å². The quantitative estimate of drug-likeness (QED) is 0.0952. The molecule has 3 aliphatic rings. The average molecular weight is 714 g/mol. The number of hydrogen-bond acceptors (Lipinski definition) is 6. The molecule has 1 atom stereocenters. The van der Waals surface area contributed by atoms with E-state index in [0.29, 0.717) is 42.5 Å². The molecule has 8 rings (SSSR count). The third kappa shape index (κ3) is 7.19. The van der Waals surface area contributed by atoms with Crippen LogP contribution in [0.25, 0.3) is 39.2 Å². The molecule has 0 unspecified atom stereocenters. The lowest BCUT2D eigenvalue weighted by atomic mass is 9.96. The van der Waals surface area contributed by atoms with Gasteiger partial charge in [-0.25, -0.2) is 9.97 Å². The molecule has 1 aromatic carbocycles. The highest BCUT2D eigenvalue weighted by Gasteiger charge is 2.31. The van der Waals surface area contributed by atoms with Crippen LogP contribution < -0.4 is 5.56 Å². The third-order valence-corrected chi connectivity index (χ3v) is 12.8. The smallest absolute Gasteiger partial charge is 0.280 e. The summed E-state index contributed by atoms with van der Waals surface area (Å²) in [6, 6.07) is 15.7. The maximum absolute atomic E-state index is 15.0. The first-order chi connectivity index (χ1) is 25.1. The molecule has 0 amide bonds. The van der Waals surface area contributed by atoms with Crippen LogP contribution in [0.1, 0.15) is 79.8 Å². The van der Waals surface area contributed by atoms with Crippen LogP contribution in [0.3, 0.4) is 0 Å². The Hall–Kier alpha value is -4.30. The predicted octanol–water partition coefficient (Wildman–Crippen LogP) is 8.43. The van der Waals surface area contributed by atoms with Crippen molar-refractivity contribution in [3.8, 4) is 34.4 Å². The van der Waals surface area contributed by atoms with Crippen molar-refractivity contribution in [2.75, 3.05) is 19.7 Å². The molecule has 3 fully saturated rings. The third-order valence-electron chi connectivity index (χ3n) is 11.1. The fourth-order valence-corrected chi connectivity index (χ4v) is 8.63. The van der Waals surface area contributed by atoms with Crippen molar-refractivity contribution in [1.82, 2.24) is 28.6 Å². The second-order valence-corrected chi connectivity index (χ2v) is 22.5. The number of benzene rings is 1. The molecule has 5 aromatic rings. The zero-order valence-electron chi connectivity index (χ0n) is 31.4. The molecule has 0 radical (unpaired) electrons. The maximum atomic E-state index is 15.0. The van der Waals surface area contributed by atoms with Gasteiger partial charge >= 0.3 is 0 Å². The number of aryl methyl sites for hydroxylation is 1. The summed E-state index contributed by atoms with van der Waals surface area (Å²) >= 11 is 0. The lowest BCUT2D eigenvalue weighted by molar-refractivity contribution is 0.0848. The van der Waals surface area contributed by atoms with Crippen LogP contribution in [-0.4, -0.2) is 56.3 Å². The SMILES string of the molecule is C[C@H]1CCCN(Cc2cc3c(C4CC4)cn(-c4cc(-c5ccc(C#N)cc5-c5nccn5C)cc(C5CC5)n4)c(=O)c3n2COCC[Si](C)(C)C)C1. The zero-order valence-corrected chi connectivity index (χ0v) is 32.4. The molecule has 270 valence electrons. The molecule has 1 aliphatic heterocycles. The Labute approximate surface area is 307 Å². The molecule has 1 saturated heterocycles. The first kappa shape index (κ1) is 34.8. The fraction of sp³-hybridized carbons (Fsp3) is 0.476. The Morgan fingerprint density at radius 1 is 1.02 bits per heavy atom. The summed E-state index contributed by atoms with van der Waals surface area (Å²) < 4.78 is 12.4. The van der Waals surface area contributed by atoms with E-state index in [2.05, 4.69) is 71.5 Å². The summed E-state index contributed by atoms with van der Waals surface area (Å²) in [6.07, 6.45) is 12.7. The fourth-order valence-electron chi connectivity index (χ4n) is 7.88. The molecule has 10 heteroatoms.